The molecule has 37 heavy (non-hydrogen) atoms. The average Bonchev–Trinajstić information content (AvgIpc) is 3.41. The molecule has 3 aromatic rings. The van der Waals surface area contributed by atoms with Crippen molar-refractivity contribution in [2.24, 2.45) is 5.92 Å². The zero-order chi connectivity index (χ0) is 26.0. The molecule has 1 saturated carbocycles. The quantitative estimate of drug-likeness (QED) is 0.245. The first kappa shape index (κ1) is 24.0. The smallest absolute Gasteiger partial charge is 0.438 e. The number of rotatable bonds is 6. The Kier molecular flexibility index (Phi) is 6.30. The number of H-pyrrole nitrogens is 1. The van der Waals surface area contributed by atoms with Crippen LogP contribution in [0.2, 0.25) is 0 Å². The van der Waals surface area contributed by atoms with Crippen molar-refractivity contribution in [1.29, 1.82) is 0 Å². The molecule has 0 radical (unpaired) electrons. The van der Waals surface area contributed by atoms with E-state index in [4.69, 9.17) is 0 Å². The molecule has 2 amide bonds. The Morgan fingerprint density at radius 2 is 1.92 bits per heavy atom. The number of fused-ring (bicyclic) bond motifs is 1. The van der Waals surface area contributed by atoms with E-state index in [0.717, 1.165) is 12.7 Å². The number of aromatic hydroxyl groups is 2. The van der Waals surface area contributed by atoms with Gasteiger partial charge in [-0.1, -0.05) is 35.5 Å². The summed E-state index contributed by atoms with van der Waals surface area (Å²) in [4.78, 5) is 47.4. The van der Waals surface area contributed by atoms with Gasteiger partial charge in [0.1, 0.15) is 17.7 Å². The predicted molar refractivity (Wildman–Crippen MR) is 129 cm³/mol. The maximum Gasteiger partial charge on any atom is 0.438 e. The lowest BCUT2D eigenvalue weighted by atomic mass is 10.0. The summed E-state index contributed by atoms with van der Waals surface area (Å²) in [5.74, 6) is -1.48. The van der Waals surface area contributed by atoms with Gasteiger partial charge in [-0.25, -0.2) is 14.8 Å². The van der Waals surface area contributed by atoms with Crippen LogP contribution in [0.1, 0.15) is 51.6 Å². The number of phenols is 2. The van der Waals surface area contributed by atoms with Gasteiger partial charge < -0.3 is 20.8 Å². The van der Waals surface area contributed by atoms with Crippen LogP contribution in [0.15, 0.2) is 64.2 Å². The van der Waals surface area contributed by atoms with E-state index in [9.17, 15) is 24.6 Å². The number of amides is 2. The fourth-order valence-corrected chi connectivity index (χ4v) is 4.37. The topological polar surface area (TPSA) is 183 Å². The third-order valence-electron chi connectivity index (χ3n) is 6.52. The minimum Gasteiger partial charge on any atom is -0.504 e. The Balaban J connectivity index is 1.22. The zero-order valence-corrected chi connectivity index (χ0v) is 19.5. The first-order valence-electron chi connectivity index (χ1n) is 11.7. The van der Waals surface area contributed by atoms with E-state index < -0.39 is 23.0 Å². The second kappa shape index (κ2) is 9.72. The first-order chi connectivity index (χ1) is 17.8. The molecule has 190 valence electrons. The molecular formula is C25H24N6O6. The highest BCUT2D eigenvalue weighted by Gasteiger charge is 2.55. The van der Waals surface area contributed by atoms with Gasteiger partial charge in [0, 0.05) is 18.7 Å². The van der Waals surface area contributed by atoms with Gasteiger partial charge >= 0.3 is 5.76 Å². The number of nitrogens with one attached hydrogen (secondary N) is 3. The van der Waals surface area contributed by atoms with Crippen molar-refractivity contribution in [2.45, 2.75) is 37.3 Å². The lowest BCUT2D eigenvalue weighted by Crippen LogP contribution is -2.34. The number of phenolic OH excluding ortho intramolecular Hbond substituents is 2. The Bertz CT molecular complexity index is 1460. The van der Waals surface area contributed by atoms with E-state index in [2.05, 4.69) is 35.3 Å². The lowest BCUT2D eigenvalue weighted by Gasteiger charge is -2.14. The Labute approximate surface area is 210 Å². The number of hydrogen-bond donors (Lipinski definition) is 5. The molecule has 0 spiro atoms. The third-order valence-corrected chi connectivity index (χ3v) is 6.52. The fraction of sp³-hybridized carbons (Fsp3) is 0.280. The fourth-order valence-electron chi connectivity index (χ4n) is 4.37. The highest BCUT2D eigenvalue weighted by atomic mass is 16.5. The molecule has 12 heteroatoms. The van der Waals surface area contributed by atoms with Crippen molar-refractivity contribution < 1.29 is 24.3 Å². The number of carbonyl (C=O) groups is 2. The van der Waals surface area contributed by atoms with Crippen molar-refractivity contribution in [3.8, 4) is 11.5 Å². The van der Waals surface area contributed by atoms with Crippen LogP contribution in [0.4, 0.5) is 0 Å². The van der Waals surface area contributed by atoms with E-state index in [1.165, 1.54) is 18.2 Å². The minimum absolute atomic E-state index is 0.0143. The van der Waals surface area contributed by atoms with E-state index >= 15 is 0 Å². The highest BCUT2D eigenvalue weighted by molar-refractivity contribution is 5.97. The zero-order valence-electron chi connectivity index (χ0n) is 19.5. The number of benzene rings is 1. The summed E-state index contributed by atoms with van der Waals surface area (Å²) in [5.41, 5.74) is 0.244. The van der Waals surface area contributed by atoms with Crippen LogP contribution in [0.5, 0.6) is 11.5 Å². The molecule has 5 N–H and O–H groups in total. The second-order valence-electron chi connectivity index (χ2n) is 9.03. The van der Waals surface area contributed by atoms with Gasteiger partial charge in [-0.2, -0.15) is 0 Å². The molecule has 2 aliphatic carbocycles. The molecule has 5 rings (SSSR count). The van der Waals surface area contributed by atoms with E-state index in [0.29, 0.717) is 24.2 Å². The van der Waals surface area contributed by atoms with Gasteiger partial charge in [0.2, 0.25) is 0 Å². The number of nitrogens with zero attached hydrogens (tertiary/aromatic N) is 3. The summed E-state index contributed by atoms with van der Waals surface area (Å²) in [7, 11) is 0. The summed E-state index contributed by atoms with van der Waals surface area (Å²) in [6, 6.07) is 5.27. The molecule has 2 heterocycles. The van der Waals surface area contributed by atoms with Gasteiger partial charge in [0.15, 0.2) is 17.3 Å². The average molecular weight is 505 g/mol. The molecule has 12 nitrogen and oxygen atoms in total. The summed E-state index contributed by atoms with van der Waals surface area (Å²) < 4.78 is 4.67. The molecule has 1 unspecified atom stereocenters. The molecule has 0 saturated heterocycles. The largest absolute Gasteiger partial charge is 0.504 e. The van der Waals surface area contributed by atoms with Crippen LogP contribution in [-0.4, -0.2) is 48.2 Å². The molecule has 2 aliphatic rings. The van der Waals surface area contributed by atoms with Crippen LogP contribution < -0.4 is 16.4 Å². The maximum absolute atomic E-state index is 12.9. The summed E-state index contributed by atoms with van der Waals surface area (Å²) in [6.45, 7) is 0.0868. The van der Waals surface area contributed by atoms with Crippen molar-refractivity contribution in [3.63, 3.8) is 0 Å². The van der Waals surface area contributed by atoms with Crippen molar-refractivity contribution in [3.05, 3.63) is 88.2 Å². The molecule has 0 aliphatic heterocycles. The van der Waals surface area contributed by atoms with Crippen LogP contribution in [0.25, 0.3) is 0 Å². The molecule has 1 aromatic carbocycles. The molecule has 1 fully saturated rings. The van der Waals surface area contributed by atoms with Gasteiger partial charge in [0.25, 0.3) is 11.8 Å². The first-order valence-corrected chi connectivity index (χ1v) is 11.7. The van der Waals surface area contributed by atoms with Gasteiger partial charge in [-0.05, 0) is 42.9 Å². The summed E-state index contributed by atoms with van der Waals surface area (Å²) in [6.07, 6.45) is 11.2. The van der Waals surface area contributed by atoms with Gasteiger partial charge in [-0.15, -0.1) is 0 Å². The number of carbonyl (C=O) groups excluding carboxylic acids is 2. The van der Waals surface area contributed by atoms with Crippen LogP contribution in [-0.2, 0) is 12.0 Å². The summed E-state index contributed by atoms with van der Waals surface area (Å²) in [5, 5.41) is 28.4. The predicted octanol–water partition coefficient (Wildman–Crippen LogP) is 1.46. The monoisotopic (exact) mass is 504 g/mol. The van der Waals surface area contributed by atoms with Gasteiger partial charge in [-0.3, -0.25) is 19.1 Å². The highest BCUT2D eigenvalue weighted by Crippen LogP contribution is 2.55. The SMILES string of the molecule is O=C(NCc1ccc(O)c(O)c1)c1cc(C(=O)N[C@@H]2/C=C/[C@@H]3CC3(c3noc(=O)[nH]3)/C=C/CC2)ncn1. The number of allylic oxidation sites excluding steroid dienone is 3. The minimum atomic E-state index is -0.588. The molecule has 3 atom stereocenters. The Morgan fingerprint density at radius 1 is 1.11 bits per heavy atom. The molecular weight excluding hydrogens is 480 g/mol. The normalized spacial score (nSPS) is 24.0. The van der Waals surface area contributed by atoms with Crippen LogP contribution in [0, 0.1) is 5.92 Å². The maximum atomic E-state index is 12.9. The number of hydrogen-bond acceptors (Lipinski definition) is 9. The van der Waals surface area contributed by atoms with Crippen LogP contribution >= 0.6 is 0 Å². The van der Waals surface area contributed by atoms with E-state index in [1.807, 2.05) is 24.3 Å². The molecule has 0 bridgehead atoms. The molecule has 2 aromatic heterocycles. The van der Waals surface area contributed by atoms with Gasteiger partial charge in [0.05, 0.1) is 5.41 Å². The lowest BCUT2D eigenvalue weighted by molar-refractivity contribution is 0.0937. The second-order valence-corrected chi connectivity index (χ2v) is 9.03. The Hall–Kier alpha value is -4.74. The Morgan fingerprint density at radius 3 is 2.68 bits per heavy atom. The van der Waals surface area contributed by atoms with Crippen molar-refractivity contribution >= 4 is 11.8 Å². The summed E-state index contributed by atoms with van der Waals surface area (Å²) >= 11 is 0. The van der Waals surface area contributed by atoms with Crippen molar-refractivity contribution in [1.82, 2.24) is 30.7 Å². The third kappa shape index (κ3) is 5.13. The van der Waals surface area contributed by atoms with Crippen LogP contribution in [0.3, 0.4) is 0 Å². The van der Waals surface area contributed by atoms with E-state index in [-0.39, 0.29) is 41.4 Å². The number of aromatic nitrogens is 4. The van der Waals surface area contributed by atoms with E-state index in [1.54, 1.807) is 6.07 Å². The van der Waals surface area contributed by atoms with Crippen molar-refractivity contribution in [2.75, 3.05) is 0 Å². The number of aromatic amines is 1. The standard InChI is InChI=1S/C25H24N6O6/c32-19-7-4-14(9-20(19)33)12-26-21(34)17-10-18(28-13-27-17)22(35)29-16-3-1-2-8-25(11-15(25)5-6-16)23-30-24(36)37-31-23/h2,4-10,13,15-16,32-33H,1,3,11-12H2,(H,26,34)(H,29,35)(H,30,31,36)/b6-5+,8-2+/t15-,16+,25?/m1/s1.